The Morgan fingerprint density at radius 3 is 2.86 bits per heavy atom. The van der Waals surface area contributed by atoms with E-state index in [9.17, 15) is 18.3 Å². The summed E-state index contributed by atoms with van der Waals surface area (Å²) in [6.07, 6.45) is 3.19. The third kappa shape index (κ3) is 3.38. The summed E-state index contributed by atoms with van der Waals surface area (Å²) >= 11 is 0. The Hall–Kier alpha value is -1.67. The van der Waals surface area contributed by atoms with Crippen LogP contribution in [-0.4, -0.2) is 48.5 Å². The van der Waals surface area contributed by atoms with Crippen molar-refractivity contribution < 1.29 is 23.1 Å². The molecule has 1 aromatic heterocycles. The fourth-order valence-electron chi connectivity index (χ4n) is 2.65. The molecule has 1 N–H and O–H groups in total. The lowest BCUT2D eigenvalue weighted by Gasteiger charge is -2.33. The van der Waals surface area contributed by atoms with Crippen molar-refractivity contribution in [2.24, 2.45) is 11.8 Å². The highest BCUT2D eigenvalue weighted by Gasteiger charge is 2.37. The SMILES string of the molecule is CCOc1ccncc1S(=O)(=O)N1CC(C)CC(C(=O)O)C1. The van der Waals surface area contributed by atoms with Gasteiger partial charge in [0.2, 0.25) is 10.0 Å². The second-order valence-corrected chi connectivity index (χ2v) is 7.36. The van der Waals surface area contributed by atoms with Crippen LogP contribution in [0.4, 0.5) is 0 Å². The molecule has 22 heavy (non-hydrogen) atoms. The van der Waals surface area contributed by atoms with E-state index in [1.807, 2.05) is 6.92 Å². The van der Waals surface area contributed by atoms with Gasteiger partial charge in [-0.05, 0) is 25.3 Å². The fraction of sp³-hybridized carbons (Fsp3) is 0.571. The fourth-order valence-corrected chi connectivity index (χ4v) is 4.33. The minimum absolute atomic E-state index is 0.0168. The van der Waals surface area contributed by atoms with Crippen LogP contribution in [0.25, 0.3) is 0 Å². The van der Waals surface area contributed by atoms with Gasteiger partial charge in [0.1, 0.15) is 10.6 Å². The highest BCUT2D eigenvalue weighted by Crippen LogP contribution is 2.30. The number of hydrogen-bond acceptors (Lipinski definition) is 5. The summed E-state index contributed by atoms with van der Waals surface area (Å²) in [7, 11) is -3.83. The number of carboxylic acids is 1. The Labute approximate surface area is 130 Å². The van der Waals surface area contributed by atoms with Crippen molar-refractivity contribution in [1.82, 2.24) is 9.29 Å². The van der Waals surface area contributed by atoms with Crippen LogP contribution in [0.2, 0.25) is 0 Å². The van der Waals surface area contributed by atoms with E-state index in [1.54, 1.807) is 6.92 Å². The molecule has 2 heterocycles. The number of aliphatic carboxylic acids is 1. The van der Waals surface area contributed by atoms with E-state index >= 15 is 0 Å². The van der Waals surface area contributed by atoms with Crippen LogP contribution >= 0.6 is 0 Å². The molecule has 0 saturated carbocycles. The second kappa shape index (κ2) is 6.62. The molecule has 2 rings (SSSR count). The van der Waals surface area contributed by atoms with E-state index in [1.165, 1.54) is 22.8 Å². The molecule has 1 aliphatic heterocycles. The number of aromatic nitrogens is 1. The Kier molecular flexibility index (Phi) is 5.02. The number of carbonyl (C=O) groups is 1. The topological polar surface area (TPSA) is 96.8 Å². The minimum Gasteiger partial charge on any atom is -0.492 e. The molecule has 0 radical (unpaired) electrons. The van der Waals surface area contributed by atoms with Crippen molar-refractivity contribution >= 4 is 16.0 Å². The Morgan fingerprint density at radius 1 is 1.50 bits per heavy atom. The normalized spacial score (nSPS) is 23.2. The average molecular weight is 328 g/mol. The van der Waals surface area contributed by atoms with Gasteiger partial charge >= 0.3 is 5.97 Å². The van der Waals surface area contributed by atoms with Gasteiger partial charge in [0, 0.05) is 19.3 Å². The molecule has 2 atom stereocenters. The van der Waals surface area contributed by atoms with Crippen LogP contribution in [0.15, 0.2) is 23.4 Å². The third-order valence-corrected chi connectivity index (χ3v) is 5.48. The van der Waals surface area contributed by atoms with Crippen LogP contribution in [0.1, 0.15) is 20.3 Å². The molecule has 0 aliphatic carbocycles. The van der Waals surface area contributed by atoms with E-state index in [-0.39, 0.29) is 23.1 Å². The molecule has 2 unspecified atom stereocenters. The molecular weight excluding hydrogens is 308 g/mol. The average Bonchev–Trinajstić information content (AvgIpc) is 2.47. The van der Waals surface area contributed by atoms with Crippen molar-refractivity contribution in [1.29, 1.82) is 0 Å². The van der Waals surface area contributed by atoms with E-state index in [0.717, 1.165) is 0 Å². The maximum Gasteiger partial charge on any atom is 0.307 e. The van der Waals surface area contributed by atoms with Gasteiger partial charge < -0.3 is 9.84 Å². The lowest BCUT2D eigenvalue weighted by molar-refractivity contribution is -0.143. The zero-order valence-electron chi connectivity index (χ0n) is 12.6. The first kappa shape index (κ1) is 16.7. The van der Waals surface area contributed by atoms with Crippen molar-refractivity contribution in [2.45, 2.75) is 25.2 Å². The molecule has 1 aromatic rings. The summed E-state index contributed by atoms with van der Waals surface area (Å²) in [6.45, 7) is 4.22. The number of hydrogen-bond donors (Lipinski definition) is 1. The maximum absolute atomic E-state index is 12.8. The Morgan fingerprint density at radius 2 is 2.23 bits per heavy atom. The van der Waals surface area contributed by atoms with Gasteiger partial charge in [0.25, 0.3) is 0 Å². The number of pyridine rings is 1. The quantitative estimate of drug-likeness (QED) is 0.872. The molecule has 1 saturated heterocycles. The number of nitrogens with zero attached hydrogens (tertiary/aromatic N) is 2. The van der Waals surface area contributed by atoms with Gasteiger partial charge in [-0.3, -0.25) is 9.78 Å². The largest absolute Gasteiger partial charge is 0.492 e. The van der Waals surface area contributed by atoms with Crippen molar-refractivity contribution in [2.75, 3.05) is 19.7 Å². The summed E-state index contributed by atoms with van der Waals surface area (Å²) in [5.74, 6) is -1.44. The third-order valence-electron chi connectivity index (χ3n) is 3.64. The van der Waals surface area contributed by atoms with Gasteiger partial charge in [-0.25, -0.2) is 8.42 Å². The van der Waals surface area contributed by atoms with Crippen LogP contribution in [0.3, 0.4) is 0 Å². The number of piperidine rings is 1. The van der Waals surface area contributed by atoms with E-state index in [0.29, 0.717) is 19.6 Å². The molecule has 0 aromatic carbocycles. The van der Waals surface area contributed by atoms with Crippen molar-refractivity contribution in [3.05, 3.63) is 18.5 Å². The summed E-state index contributed by atoms with van der Waals surface area (Å²) < 4.78 is 32.2. The summed E-state index contributed by atoms with van der Waals surface area (Å²) in [6, 6.07) is 1.50. The van der Waals surface area contributed by atoms with Crippen LogP contribution in [-0.2, 0) is 14.8 Å². The van der Waals surface area contributed by atoms with Crippen LogP contribution in [0, 0.1) is 11.8 Å². The predicted octanol–water partition coefficient (Wildman–Crippen LogP) is 1.21. The van der Waals surface area contributed by atoms with Gasteiger partial charge in [0.15, 0.2) is 0 Å². The molecule has 0 spiro atoms. The van der Waals surface area contributed by atoms with Crippen molar-refractivity contribution in [3.63, 3.8) is 0 Å². The first-order valence-electron chi connectivity index (χ1n) is 7.16. The van der Waals surface area contributed by atoms with Gasteiger partial charge in [-0.1, -0.05) is 6.92 Å². The van der Waals surface area contributed by atoms with Gasteiger partial charge in [-0.15, -0.1) is 0 Å². The van der Waals surface area contributed by atoms with Gasteiger partial charge in [0.05, 0.1) is 18.7 Å². The van der Waals surface area contributed by atoms with E-state index < -0.39 is 21.9 Å². The number of carboxylic acid groups (broad SMARTS) is 1. The smallest absolute Gasteiger partial charge is 0.307 e. The summed E-state index contributed by atoms with van der Waals surface area (Å²) in [5.41, 5.74) is 0. The van der Waals surface area contributed by atoms with Gasteiger partial charge in [-0.2, -0.15) is 4.31 Å². The summed E-state index contributed by atoms with van der Waals surface area (Å²) in [5, 5.41) is 9.19. The molecule has 0 bridgehead atoms. The zero-order valence-corrected chi connectivity index (χ0v) is 13.4. The minimum atomic E-state index is -3.83. The lowest BCUT2D eigenvalue weighted by Crippen LogP contribution is -2.45. The summed E-state index contributed by atoms with van der Waals surface area (Å²) in [4.78, 5) is 15.1. The maximum atomic E-state index is 12.8. The molecule has 1 fully saturated rings. The molecular formula is C14H20N2O5S. The molecule has 0 amide bonds. The standard InChI is InChI=1S/C14H20N2O5S/c1-3-21-12-4-5-15-7-13(12)22(19,20)16-8-10(2)6-11(9-16)14(17)18/h4-5,7,10-11H,3,6,8-9H2,1-2H3,(H,17,18). The molecule has 1 aliphatic rings. The van der Waals surface area contributed by atoms with Crippen molar-refractivity contribution in [3.8, 4) is 5.75 Å². The lowest BCUT2D eigenvalue weighted by atomic mass is 9.92. The predicted molar refractivity (Wildman–Crippen MR) is 79.1 cm³/mol. The number of sulfonamides is 1. The first-order chi connectivity index (χ1) is 10.4. The Bertz CT molecular complexity index is 646. The molecule has 8 heteroatoms. The number of rotatable bonds is 5. The monoisotopic (exact) mass is 328 g/mol. The van der Waals surface area contributed by atoms with E-state index in [2.05, 4.69) is 4.98 Å². The molecule has 122 valence electrons. The molecule has 7 nitrogen and oxygen atoms in total. The van der Waals surface area contributed by atoms with Crippen LogP contribution < -0.4 is 4.74 Å². The van der Waals surface area contributed by atoms with Crippen LogP contribution in [0.5, 0.6) is 5.75 Å². The number of ether oxygens (including phenoxy) is 1. The van der Waals surface area contributed by atoms with E-state index in [4.69, 9.17) is 4.74 Å². The zero-order chi connectivity index (χ0) is 16.3. The first-order valence-corrected chi connectivity index (χ1v) is 8.60. The highest BCUT2D eigenvalue weighted by atomic mass is 32.2. The second-order valence-electron chi connectivity index (χ2n) is 5.45. The highest BCUT2D eigenvalue weighted by molar-refractivity contribution is 7.89. The Balaban J connectivity index is 2.35.